The van der Waals surface area contributed by atoms with Gasteiger partial charge in [0.05, 0.1) is 19.7 Å². The van der Waals surface area contributed by atoms with Crippen LogP contribution in [0.5, 0.6) is 11.5 Å². The van der Waals surface area contributed by atoms with E-state index in [-0.39, 0.29) is 11.6 Å². The first-order valence-corrected chi connectivity index (χ1v) is 6.97. The predicted octanol–water partition coefficient (Wildman–Crippen LogP) is 2.80. The molecule has 0 atom stereocenters. The lowest BCUT2D eigenvalue weighted by atomic mass is 9.93. The molecule has 1 heterocycles. The van der Waals surface area contributed by atoms with Gasteiger partial charge in [-0.05, 0) is 31.5 Å². The fourth-order valence-corrected chi connectivity index (χ4v) is 2.89. The third-order valence-corrected chi connectivity index (χ3v) is 4.16. The van der Waals surface area contributed by atoms with Crippen molar-refractivity contribution in [2.24, 2.45) is 0 Å². The standard InChI is InChI=1S/C14H16N2O3S/c1-18-9-6-10-12(11(7-9)19-2)13(17)16(14(20)15-10)8-4-3-5-8/h6-8H,3-5H2,1-2H3,(H,15,20). The van der Waals surface area contributed by atoms with Crippen LogP contribution in [0.3, 0.4) is 0 Å². The fourth-order valence-electron chi connectivity index (χ4n) is 2.55. The number of aromatic amines is 1. The Morgan fingerprint density at radius 1 is 1.30 bits per heavy atom. The summed E-state index contributed by atoms with van der Waals surface area (Å²) in [6.45, 7) is 0. The van der Waals surface area contributed by atoms with Crippen LogP contribution in [0.15, 0.2) is 16.9 Å². The predicted molar refractivity (Wildman–Crippen MR) is 79.4 cm³/mol. The van der Waals surface area contributed by atoms with Gasteiger partial charge in [0, 0.05) is 18.2 Å². The van der Waals surface area contributed by atoms with E-state index in [0.29, 0.717) is 27.2 Å². The molecule has 1 N–H and O–H groups in total. The maximum Gasteiger partial charge on any atom is 0.266 e. The van der Waals surface area contributed by atoms with Crippen molar-refractivity contribution in [1.29, 1.82) is 0 Å². The van der Waals surface area contributed by atoms with Crippen LogP contribution in [0.25, 0.3) is 10.9 Å². The Hall–Kier alpha value is -1.82. The van der Waals surface area contributed by atoms with Gasteiger partial charge in [0.15, 0.2) is 4.77 Å². The summed E-state index contributed by atoms with van der Waals surface area (Å²) in [7, 11) is 3.12. The highest BCUT2D eigenvalue weighted by atomic mass is 32.1. The van der Waals surface area contributed by atoms with Gasteiger partial charge in [-0.15, -0.1) is 0 Å². The minimum atomic E-state index is -0.0899. The van der Waals surface area contributed by atoms with Crippen LogP contribution in [-0.4, -0.2) is 23.8 Å². The first-order chi connectivity index (χ1) is 9.65. The second-order valence-electron chi connectivity index (χ2n) is 4.94. The van der Waals surface area contributed by atoms with E-state index in [2.05, 4.69) is 4.98 Å². The molecule has 0 unspecified atom stereocenters. The summed E-state index contributed by atoms with van der Waals surface area (Å²) in [6.07, 6.45) is 3.15. The lowest BCUT2D eigenvalue weighted by Crippen LogP contribution is -2.30. The molecule has 0 radical (unpaired) electrons. The number of rotatable bonds is 3. The average molecular weight is 292 g/mol. The molecule has 1 aromatic heterocycles. The minimum absolute atomic E-state index is 0.0899. The summed E-state index contributed by atoms with van der Waals surface area (Å²) >= 11 is 5.33. The number of hydrogen-bond donors (Lipinski definition) is 1. The number of fused-ring (bicyclic) bond motifs is 1. The fraction of sp³-hybridized carbons (Fsp3) is 0.429. The van der Waals surface area contributed by atoms with Crippen LogP contribution in [0.2, 0.25) is 0 Å². The zero-order chi connectivity index (χ0) is 14.3. The van der Waals surface area contributed by atoms with Gasteiger partial charge in [-0.25, -0.2) is 0 Å². The lowest BCUT2D eigenvalue weighted by Gasteiger charge is -2.27. The molecule has 1 aliphatic rings. The molecule has 0 saturated heterocycles. The Balaban J connectivity index is 2.36. The molecule has 1 aromatic carbocycles. The summed E-state index contributed by atoms with van der Waals surface area (Å²) in [5.74, 6) is 1.13. The average Bonchev–Trinajstić information content (AvgIpc) is 2.39. The molecule has 5 nitrogen and oxygen atoms in total. The Kier molecular flexibility index (Phi) is 3.25. The normalized spacial score (nSPS) is 15.1. The number of ether oxygens (including phenoxy) is 2. The molecule has 1 aliphatic carbocycles. The summed E-state index contributed by atoms with van der Waals surface area (Å²) in [5.41, 5.74) is 0.555. The number of nitrogens with one attached hydrogen (secondary N) is 1. The number of nitrogens with zero attached hydrogens (tertiary/aromatic N) is 1. The third kappa shape index (κ3) is 1.91. The van der Waals surface area contributed by atoms with Gasteiger partial charge in [-0.2, -0.15) is 0 Å². The maximum absolute atomic E-state index is 12.7. The summed E-state index contributed by atoms with van der Waals surface area (Å²) < 4.78 is 12.7. The van der Waals surface area contributed by atoms with E-state index in [1.165, 1.54) is 0 Å². The van der Waals surface area contributed by atoms with Crippen molar-refractivity contribution in [1.82, 2.24) is 9.55 Å². The van der Waals surface area contributed by atoms with E-state index in [9.17, 15) is 4.79 Å². The second-order valence-corrected chi connectivity index (χ2v) is 5.33. The number of aromatic nitrogens is 2. The highest BCUT2D eigenvalue weighted by molar-refractivity contribution is 7.71. The SMILES string of the molecule is COc1cc(OC)c2c(=O)n(C3CCC3)c(=S)[nH]c2c1. The number of benzene rings is 1. The minimum Gasteiger partial charge on any atom is -0.497 e. The molecule has 106 valence electrons. The third-order valence-electron chi connectivity index (χ3n) is 3.86. The highest BCUT2D eigenvalue weighted by Crippen LogP contribution is 2.32. The molecular weight excluding hydrogens is 276 g/mol. The number of H-pyrrole nitrogens is 1. The van der Waals surface area contributed by atoms with Crippen molar-refractivity contribution in [2.45, 2.75) is 25.3 Å². The van der Waals surface area contributed by atoms with Gasteiger partial charge in [-0.1, -0.05) is 0 Å². The van der Waals surface area contributed by atoms with E-state index in [4.69, 9.17) is 21.7 Å². The summed E-state index contributed by atoms with van der Waals surface area (Å²) in [4.78, 5) is 15.8. The largest absolute Gasteiger partial charge is 0.497 e. The molecule has 20 heavy (non-hydrogen) atoms. The van der Waals surface area contributed by atoms with E-state index >= 15 is 0 Å². The zero-order valence-electron chi connectivity index (χ0n) is 11.4. The Bertz CT molecular complexity index is 774. The van der Waals surface area contributed by atoms with Gasteiger partial charge in [0.25, 0.3) is 5.56 Å². The van der Waals surface area contributed by atoms with Crippen LogP contribution in [0.1, 0.15) is 25.3 Å². The van der Waals surface area contributed by atoms with Gasteiger partial charge < -0.3 is 14.5 Å². The van der Waals surface area contributed by atoms with Crippen molar-refractivity contribution in [3.05, 3.63) is 27.3 Å². The van der Waals surface area contributed by atoms with Crippen LogP contribution in [0.4, 0.5) is 0 Å². The Morgan fingerprint density at radius 3 is 2.60 bits per heavy atom. The van der Waals surface area contributed by atoms with Crippen molar-refractivity contribution < 1.29 is 9.47 Å². The number of hydrogen-bond acceptors (Lipinski definition) is 4. The molecule has 0 aliphatic heterocycles. The zero-order valence-corrected chi connectivity index (χ0v) is 12.3. The van der Waals surface area contributed by atoms with Crippen molar-refractivity contribution in [3.8, 4) is 11.5 Å². The molecule has 6 heteroatoms. The van der Waals surface area contributed by atoms with Crippen LogP contribution in [0, 0.1) is 4.77 Å². The van der Waals surface area contributed by atoms with E-state index in [1.807, 2.05) is 0 Å². The summed E-state index contributed by atoms with van der Waals surface area (Å²) in [5, 5.41) is 0.522. The maximum atomic E-state index is 12.7. The van der Waals surface area contributed by atoms with Gasteiger partial charge in [-0.3, -0.25) is 9.36 Å². The van der Waals surface area contributed by atoms with E-state index in [0.717, 1.165) is 19.3 Å². The quantitative estimate of drug-likeness (QED) is 0.884. The molecule has 0 spiro atoms. The molecule has 0 bridgehead atoms. The van der Waals surface area contributed by atoms with Gasteiger partial charge in [0.2, 0.25) is 0 Å². The Morgan fingerprint density at radius 2 is 2.05 bits per heavy atom. The first-order valence-electron chi connectivity index (χ1n) is 6.56. The van der Waals surface area contributed by atoms with Gasteiger partial charge >= 0.3 is 0 Å². The highest BCUT2D eigenvalue weighted by Gasteiger charge is 2.23. The molecular formula is C14H16N2O3S. The van der Waals surface area contributed by atoms with Crippen molar-refractivity contribution >= 4 is 23.1 Å². The second kappa shape index (κ2) is 4.94. The lowest BCUT2D eigenvalue weighted by molar-refractivity contribution is 0.302. The number of methoxy groups -OCH3 is 2. The molecule has 3 rings (SSSR count). The van der Waals surface area contributed by atoms with Crippen molar-refractivity contribution in [3.63, 3.8) is 0 Å². The monoisotopic (exact) mass is 292 g/mol. The van der Waals surface area contributed by atoms with Gasteiger partial charge in [0.1, 0.15) is 16.9 Å². The molecule has 0 amide bonds. The smallest absolute Gasteiger partial charge is 0.266 e. The van der Waals surface area contributed by atoms with E-state index < -0.39 is 0 Å². The topological polar surface area (TPSA) is 56.2 Å². The van der Waals surface area contributed by atoms with Crippen LogP contribution >= 0.6 is 12.2 Å². The molecule has 2 aromatic rings. The van der Waals surface area contributed by atoms with Crippen molar-refractivity contribution in [2.75, 3.05) is 14.2 Å². The van der Waals surface area contributed by atoms with E-state index in [1.54, 1.807) is 30.9 Å². The molecule has 1 fully saturated rings. The summed E-state index contributed by atoms with van der Waals surface area (Å²) in [6, 6.07) is 3.69. The Labute approximate surface area is 121 Å². The molecule has 1 saturated carbocycles. The first kappa shape index (κ1) is 13.2. The van der Waals surface area contributed by atoms with Crippen LogP contribution < -0.4 is 15.0 Å². The van der Waals surface area contributed by atoms with Crippen LogP contribution in [-0.2, 0) is 0 Å².